The molecule has 0 amide bonds. The summed E-state index contributed by atoms with van der Waals surface area (Å²) in [6, 6.07) is 37.7. The Morgan fingerprint density at radius 1 is 0.636 bits per heavy atom. The van der Waals surface area contributed by atoms with Crippen molar-refractivity contribution in [2.24, 2.45) is 14.1 Å². The first-order chi connectivity index (χ1) is 25.4. The molecule has 5 aromatic heterocycles. The Hall–Kier alpha value is -6.50. The van der Waals surface area contributed by atoms with Gasteiger partial charge >= 0.3 is 29.6 Å². The zero-order valence-electron chi connectivity index (χ0n) is 29.9. The zero-order chi connectivity index (χ0) is 36.4. The van der Waals surface area contributed by atoms with Crippen molar-refractivity contribution in [2.45, 2.75) is 0 Å². The molecule has 4 aromatic carbocycles. The molecular formula is C38H31ClN13NaO2. The van der Waals surface area contributed by atoms with Crippen LogP contribution in [0.15, 0.2) is 131 Å². The number of aryl methyl sites for hydroxylation is 2. The van der Waals surface area contributed by atoms with E-state index < -0.39 is 0 Å². The molecule has 0 aliphatic carbocycles. The van der Waals surface area contributed by atoms with Crippen molar-refractivity contribution in [3.63, 3.8) is 0 Å². The average molecular weight is 760 g/mol. The second-order valence-electron chi connectivity index (χ2n) is 11.6. The molecule has 0 aliphatic heterocycles. The fourth-order valence-corrected chi connectivity index (χ4v) is 6.54. The van der Waals surface area contributed by atoms with Gasteiger partial charge in [0, 0.05) is 53.9 Å². The summed E-state index contributed by atoms with van der Waals surface area (Å²) in [6.45, 7) is 7.06. The third kappa shape index (κ3) is 7.50. The quantitative estimate of drug-likeness (QED) is 0.0818. The molecule has 0 unspecified atom stereocenters. The summed E-state index contributed by atoms with van der Waals surface area (Å²) < 4.78 is 7.66. The largest absolute Gasteiger partial charge is 1.00 e. The number of hydrogen-bond acceptors (Lipinski definition) is 6. The second kappa shape index (κ2) is 17.5. The second-order valence-corrected chi connectivity index (χ2v) is 11.6. The Labute approximate surface area is 341 Å². The predicted octanol–water partition coefficient (Wildman–Crippen LogP) is 5.15. The molecule has 0 spiro atoms. The smallest absolute Gasteiger partial charge is 0.373 e. The van der Waals surface area contributed by atoms with Gasteiger partial charge in [0.25, 0.3) is 11.1 Å². The summed E-state index contributed by atoms with van der Waals surface area (Å²) in [6.07, 6.45) is 0. The van der Waals surface area contributed by atoms with Crippen molar-refractivity contribution >= 4 is 62.0 Å². The first-order valence-corrected chi connectivity index (χ1v) is 15.8. The maximum absolute atomic E-state index is 12.7. The van der Waals surface area contributed by atoms with Crippen LogP contribution in [-0.4, -0.2) is 38.9 Å². The summed E-state index contributed by atoms with van der Waals surface area (Å²) in [5, 5.41) is 16.1. The van der Waals surface area contributed by atoms with E-state index in [1.165, 1.54) is 4.91 Å². The van der Waals surface area contributed by atoms with Gasteiger partial charge in [-0.3, -0.25) is 23.6 Å². The van der Waals surface area contributed by atoms with Crippen molar-refractivity contribution in [3.05, 3.63) is 169 Å². The molecule has 15 nitrogen and oxygen atoms in total. The normalized spacial score (nSPS) is 10.1. The number of aromatic amines is 1. The standard InChI is InChI=1S/C19H14N6O.C19H13N3O.ClH.N3.H3N.Na/c1-24-15-5-3-2-4-14(15)18-16(24)10-11-17(26)25(18)13-8-6-12(7-9-13)19-20-22-23-21-19;1-20-13-7-9-14(10-8-13)22-18(23)12-11-17-19(22)15-5-3-4-6-16(15)21(17)2;;1-3-2;;/h2-11H,1H3,(H,20,21,22,23);3-12H,2H3;1H;;1H3;/q;;;-1;;+1. The van der Waals surface area contributed by atoms with Gasteiger partial charge in [0.05, 0.1) is 39.7 Å². The van der Waals surface area contributed by atoms with Crippen molar-refractivity contribution < 1.29 is 29.6 Å². The van der Waals surface area contributed by atoms with E-state index in [0.29, 0.717) is 11.5 Å². The first kappa shape index (κ1) is 41.3. The zero-order valence-corrected chi connectivity index (χ0v) is 32.7. The van der Waals surface area contributed by atoms with E-state index in [0.717, 1.165) is 60.8 Å². The van der Waals surface area contributed by atoms with Gasteiger partial charge in [0.1, 0.15) is 0 Å². The molecule has 0 atom stereocenters. The molecule has 4 N–H and O–H groups in total. The Bertz CT molecular complexity index is 2950. The molecule has 9 aromatic rings. The van der Waals surface area contributed by atoms with Crippen molar-refractivity contribution in [1.82, 2.24) is 45.0 Å². The number of benzene rings is 4. The predicted molar refractivity (Wildman–Crippen MR) is 214 cm³/mol. The minimum atomic E-state index is -0.0792. The third-order valence-electron chi connectivity index (χ3n) is 8.87. The van der Waals surface area contributed by atoms with Gasteiger partial charge in [-0.15, -0.1) is 22.6 Å². The number of nitrogens with one attached hydrogen (secondary N) is 1. The number of para-hydroxylation sites is 2. The van der Waals surface area contributed by atoms with Crippen LogP contribution in [0.4, 0.5) is 5.69 Å². The number of H-pyrrole nitrogens is 1. The minimum Gasteiger partial charge on any atom is -0.373 e. The number of halogens is 1. The molecule has 0 bridgehead atoms. The fraction of sp³-hybridized carbons (Fsp3) is 0.0526. The van der Waals surface area contributed by atoms with Gasteiger partial charge in [0.2, 0.25) is 5.82 Å². The molecule has 5 heterocycles. The van der Waals surface area contributed by atoms with E-state index in [-0.39, 0.29) is 59.2 Å². The number of tetrazole rings is 1. The van der Waals surface area contributed by atoms with Crippen molar-refractivity contribution in [1.29, 1.82) is 0 Å². The molecule has 0 saturated heterocycles. The van der Waals surface area contributed by atoms with Gasteiger partial charge in [-0.2, -0.15) is 5.21 Å². The van der Waals surface area contributed by atoms with E-state index in [4.69, 9.17) is 17.6 Å². The van der Waals surface area contributed by atoms with Gasteiger partial charge in [-0.05, 0) is 65.9 Å². The van der Waals surface area contributed by atoms with Crippen LogP contribution in [-0.2, 0) is 14.1 Å². The molecule has 0 saturated carbocycles. The Morgan fingerprint density at radius 2 is 1.07 bits per heavy atom. The van der Waals surface area contributed by atoms with Gasteiger partial charge in [-0.1, -0.05) is 48.5 Å². The summed E-state index contributed by atoms with van der Waals surface area (Å²) >= 11 is 0. The monoisotopic (exact) mass is 759 g/mol. The number of fused-ring (bicyclic) bond motifs is 6. The van der Waals surface area contributed by atoms with Crippen LogP contribution in [0.1, 0.15) is 0 Å². The Morgan fingerprint density at radius 3 is 1.49 bits per heavy atom. The van der Waals surface area contributed by atoms with Gasteiger partial charge in [0.15, 0.2) is 5.69 Å². The Balaban J connectivity index is 0.000000219. The number of aromatic nitrogens is 8. The molecule has 268 valence electrons. The minimum absolute atomic E-state index is 0. The van der Waals surface area contributed by atoms with E-state index in [9.17, 15) is 9.59 Å². The van der Waals surface area contributed by atoms with Crippen LogP contribution < -0.4 is 46.8 Å². The third-order valence-corrected chi connectivity index (χ3v) is 8.87. The molecule has 55 heavy (non-hydrogen) atoms. The van der Waals surface area contributed by atoms with E-state index in [1.54, 1.807) is 33.4 Å². The topological polar surface area (TPSA) is 206 Å². The molecule has 17 heteroatoms. The van der Waals surface area contributed by atoms with Crippen molar-refractivity contribution in [3.8, 4) is 22.8 Å². The number of rotatable bonds is 3. The van der Waals surface area contributed by atoms with Gasteiger partial charge < -0.3 is 26.3 Å². The summed E-state index contributed by atoms with van der Waals surface area (Å²) in [7, 11) is 4.01. The van der Waals surface area contributed by atoms with Crippen LogP contribution >= 0.6 is 12.4 Å². The van der Waals surface area contributed by atoms with E-state index in [2.05, 4.69) is 40.7 Å². The summed E-state index contributed by atoms with van der Waals surface area (Å²) in [5.74, 6) is 0.521. The SMILES string of the molecule is Cl.Cn1c2ccccc2c2c1ccc(=O)n2-c1ccc(-c2nn[nH]n2)cc1.N.[C-]#[N+]c1ccc(-n2c(=O)ccc3c2c2ccccc2n3C)cc1.[N-]=[N+]=[N-].[Na+]. The molecule has 0 aliphatic rings. The molecule has 0 fully saturated rings. The van der Waals surface area contributed by atoms with Crippen LogP contribution in [0, 0.1) is 6.57 Å². The number of hydrogen-bond donors (Lipinski definition) is 2. The van der Waals surface area contributed by atoms with Gasteiger partial charge in [-0.25, -0.2) is 4.85 Å². The van der Waals surface area contributed by atoms with Crippen LogP contribution in [0.2, 0.25) is 0 Å². The van der Waals surface area contributed by atoms with Crippen LogP contribution in [0.3, 0.4) is 0 Å². The molecule has 0 radical (unpaired) electrons. The fourth-order valence-electron chi connectivity index (χ4n) is 6.54. The average Bonchev–Trinajstić information content (AvgIpc) is 3.89. The maximum atomic E-state index is 12.7. The molecule has 9 rings (SSSR count). The van der Waals surface area contributed by atoms with Crippen molar-refractivity contribution in [2.75, 3.05) is 0 Å². The number of pyridine rings is 2. The van der Waals surface area contributed by atoms with Crippen LogP contribution in [0.25, 0.3) is 87.5 Å². The summed E-state index contributed by atoms with van der Waals surface area (Å²) in [4.78, 5) is 30.2. The van der Waals surface area contributed by atoms with Crippen LogP contribution in [0.5, 0.6) is 0 Å². The van der Waals surface area contributed by atoms with E-state index in [1.807, 2.05) is 105 Å². The number of nitrogens with zero attached hydrogens (tertiary/aromatic N) is 11. The van der Waals surface area contributed by atoms with E-state index >= 15 is 0 Å². The first-order valence-electron chi connectivity index (χ1n) is 15.8. The molecular weight excluding hydrogens is 729 g/mol. The Kier molecular flexibility index (Phi) is 13.2. The summed E-state index contributed by atoms with van der Waals surface area (Å²) in [5.41, 5.74) is 22.3. The maximum Gasteiger partial charge on any atom is 1.00 e.